The first-order chi connectivity index (χ1) is 17.2. The molecular formula is C27H20Cl2F3N3O. The van der Waals surface area contributed by atoms with Crippen molar-refractivity contribution in [2.45, 2.75) is 18.5 Å². The number of benzene rings is 3. The van der Waals surface area contributed by atoms with Crippen LogP contribution in [0.3, 0.4) is 0 Å². The molecule has 4 aromatic rings. The lowest BCUT2D eigenvalue weighted by Gasteiger charge is -2.16. The molecule has 0 spiro atoms. The van der Waals surface area contributed by atoms with E-state index in [2.05, 4.69) is 5.10 Å². The number of para-hydroxylation sites is 1. The summed E-state index contributed by atoms with van der Waals surface area (Å²) in [5.74, 6) is -0.289. The standard InChI is InChI=1S/C27H20Cl2F3N3O/c28-21-11-7-18(8-12-21)25-15-23(33-35(25)24-4-2-1-3-22(24)29)26(36)34-14-13-19(16-34)17-5-9-20(10-6-17)27(30,31)32/h1-12,15,19H,13-14,16H2. The maximum Gasteiger partial charge on any atom is 0.416 e. The summed E-state index contributed by atoms with van der Waals surface area (Å²) < 4.78 is 40.3. The van der Waals surface area contributed by atoms with E-state index in [4.69, 9.17) is 23.2 Å². The zero-order valence-corrected chi connectivity index (χ0v) is 20.4. The normalized spacial score (nSPS) is 15.9. The van der Waals surface area contributed by atoms with Gasteiger partial charge in [-0.25, -0.2) is 4.68 Å². The highest BCUT2D eigenvalue weighted by molar-refractivity contribution is 6.32. The molecule has 184 valence electrons. The van der Waals surface area contributed by atoms with E-state index >= 15 is 0 Å². The van der Waals surface area contributed by atoms with E-state index in [-0.39, 0.29) is 17.5 Å². The second kappa shape index (κ2) is 9.64. The molecule has 1 aliphatic heterocycles. The van der Waals surface area contributed by atoms with Crippen LogP contribution in [0.15, 0.2) is 78.9 Å². The van der Waals surface area contributed by atoms with Crippen molar-refractivity contribution in [2.24, 2.45) is 0 Å². The molecule has 1 atom stereocenters. The fourth-order valence-corrected chi connectivity index (χ4v) is 4.78. The molecule has 5 rings (SSSR count). The first kappa shape index (κ1) is 24.4. The predicted octanol–water partition coefficient (Wildman–Crippen LogP) is 7.49. The van der Waals surface area contributed by atoms with Crippen LogP contribution in [-0.2, 0) is 6.18 Å². The molecule has 9 heteroatoms. The summed E-state index contributed by atoms with van der Waals surface area (Å²) in [5.41, 5.74) is 2.48. The molecule has 3 aromatic carbocycles. The number of hydrogen-bond donors (Lipinski definition) is 0. The molecule has 1 unspecified atom stereocenters. The summed E-state index contributed by atoms with van der Waals surface area (Å²) in [6.07, 6.45) is -3.72. The third kappa shape index (κ3) is 4.86. The van der Waals surface area contributed by atoms with Gasteiger partial charge >= 0.3 is 6.18 Å². The van der Waals surface area contributed by atoms with Crippen molar-refractivity contribution in [3.63, 3.8) is 0 Å². The van der Waals surface area contributed by atoms with Gasteiger partial charge in [-0.2, -0.15) is 18.3 Å². The quantitative estimate of drug-likeness (QED) is 0.274. The molecule has 0 radical (unpaired) electrons. The molecule has 1 saturated heterocycles. The average Bonchev–Trinajstić information content (AvgIpc) is 3.52. The minimum absolute atomic E-state index is 0.0439. The molecule has 1 amide bonds. The number of alkyl halides is 3. The van der Waals surface area contributed by atoms with Crippen molar-refractivity contribution in [2.75, 3.05) is 13.1 Å². The van der Waals surface area contributed by atoms with E-state index in [9.17, 15) is 18.0 Å². The first-order valence-corrected chi connectivity index (χ1v) is 12.0. The van der Waals surface area contributed by atoms with Crippen molar-refractivity contribution < 1.29 is 18.0 Å². The van der Waals surface area contributed by atoms with Crippen LogP contribution in [-0.4, -0.2) is 33.7 Å². The van der Waals surface area contributed by atoms with Crippen LogP contribution in [0.2, 0.25) is 10.0 Å². The second-order valence-corrected chi connectivity index (χ2v) is 9.49. The molecule has 0 bridgehead atoms. The number of carbonyl (C=O) groups excluding carboxylic acids is 1. The Morgan fingerprint density at radius 3 is 2.31 bits per heavy atom. The Balaban J connectivity index is 1.42. The van der Waals surface area contributed by atoms with Gasteiger partial charge in [0.2, 0.25) is 0 Å². The zero-order chi connectivity index (χ0) is 25.4. The van der Waals surface area contributed by atoms with Gasteiger partial charge in [-0.1, -0.05) is 59.6 Å². The van der Waals surface area contributed by atoms with Crippen molar-refractivity contribution in [1.29, 1.82) is 0 Å². The first-order valence-electron chi connectivity index (χ1n) is 11.3. The Kier molecular flexibility index (Phi) is 6.53. The van der Waals surface area contributed by atoms with E-state index in [0.717, 1.165) is 23.3 Å². The average molecular weight is 530 g/mol. The smallest absolute Gasteiger partial charge is 0.337 e. The topological polar surface area (TPSA) is 38.1 Å². The van der Waals surface area contributed by atoms with Crippen molar-refractivity contribution in [3.05, 3.63) is 106 Å². The van der Waals surface area contributed by atoms with Crippen LogP contribution in [0.4, 0.5) is 13.2 Å². The fourth-order valence-electron chi connectivity index (χ4n) is 4.44. The third-order valence-corrected chi connectivity index (χ3v) is 6.91. The molecule has 1 aliphatic rings. The van der Waals surface area contributed by atoms with Gasteiger partial charge in [0.25, 0.3) is 5.91 Å². The van der Waals surface area contributed by atoms with Gasteiger partial charge in [-0.3, -0.25) is 4.79 Å². The maximum absolute atomic E-state index is 13.4. The molecule has 0 N–H and O–H groups in total. The fraction of sp³-hybridized carbons (Fsp3) is 0.185. The minimum atomic E-state index is -4.38. The van der Waals surface area contributed by atoms with E-state index in [0.29, 0.717) is 40.9 Å². The summed E-state index contributed by atoms with van der Waals surface area (Å²) in [5, 5.41) is 5.68. The summed E-state index contributed by atoms with van der Waals surface area (Å²) >= 11 is 12.5. The molecule has 0 aliphatic carbocycles. The summed E-state index contributed by atoms with van der Waals surface area (Å²) in [6, 6.07) is 21.3. The van der Waals surface area contributed by atoms with Gasteiger partial charge in [0, 0.05) is 29.6 Å². The highest BCUT2D eigenvalue weighted by atomic mass is 35.5. The lowest BCUT2D eigenvalue weighted by molar-refractivity contribution is -0.137. The van der Waals surface area contributed by atoms with Gasteiger partial charge in [-0.05, 0) is 54.4 Å². The molecule has 1 fully saturated rings. The van der Waals surface area contributed by atoms with Crippen LogP contribution in [0, 0.1) is 0 Å². The number of aromatic nitrogens is 2. The van der Waals surface area contributed by atoms with Crippen molar-refractivity contribution in [1.82, 2.24) is 14.7 Å². The molecule has 1 aromatic heterocycles. The molecular weight excluding hydrogens is 510 g/mol. The Morgan fingerprint density at radius 1 is 0.944 bits per heavy atom. The number of carbonyl (C=O) groups is 1. The second-order valence-electron chi connectivity index (χ2n) is 8.64. The summed E-state index contributed by atoms with van der Waals surface area (Å²) in [4.78, 5) is 15.1. The highest BCUT2D eigenvalue weighted by Crippen LogP contribution is 2.34. The molecule has 36 heavy (non-hydrogen) atoms. The summed E-state index contributed by atoms with van der Waals surface area (Å²) in [7, 11) is 0. The lowest BCUT2D eigenvalue weighted by atomic mass is 9.97. The van der Waals surface area contributed by atoms with Crippen molar-refractivity contribution >= 4 is 29.1 Å². The van der Waals surface area contributed by atoms with Gasteiger partial charge in [-0.15, -0.1) is 0 Å². The summed E-state index contributed by atoms with van der Waals surface area (Å²) in [6.45, 7) is 0.888. The van der Waals surface area contributed by atoms with Gasteiger partial charge in [0.1, 0.15) is 0 Å². The minimum Gasteiger partial charge on any atom is -0.337 e. The number of likely N-dealkylation sites (tertiary alicyclic amines) is 1. The SMILES string of the molecule is O=C(c1cc(-c2ccc(Cl)cc2)n(-c2ccccc2Cl)n1)N1CCC(c2ccc(C(F)(F)F)cc2)C1. The Labute approximate surface area is 215 Å². The monoisotopic (exact) mass is 529 g/mol. The third-order valence-electron chi connectivity index (χ3n) is 6.33. The van der Waals surface area contributed by atoms with Crippen LogP contribution in [0.1, 0.15) is 34.0 Å². The van der Waals surface area contributed by atoms with Gasteiger partial charge in [0.15, 0.2) is 5.69 Å². The zero-order valence-electron chi connectivity index (χ0n) is 18.8. The maximum atomic E-state index is 13.4. The predicted molar refractivity (Wildman–Crippen MR) is 134 cm³/mol. The van der Waals surface area contributed by atoms with Crippen molar-refractivity contribution in [3.8, 4) is 16.9 Å². The number of halogens is 5. The number of hydrogen-bond acceptors (Lipinski definition) is 2. The van der Waals surface area contributed by atoms with Gasteiger partial charge < -0.3 is 4.90 Å². The molecule has 0 saturated carbocycles. The van der Waals surface area contributed by atoms with E-state index in [1.807, 2.05) is 30.3 Å². The lowest BCUT2D eigenvalue weighted by Crippen LogP contribution is -2.29. The Bertz CT molecular complexity index is 1400. The molecule has 4 nitrogen and oxygen atoms in total. The van der Waals surface area contributed by atoms with Crippen LogP contribution in [0.5, 0.6) is 0 Å². The van der Waals surface area contributed by atoms with Crippen LogP contribution in [0.25, 0.3) is 16.9 Å². The Morgan fingerprint density at radius 2 is 1.64 bits per heavy atom. The van der Waals surface area contributed by atoms with E-state index < -0.39 is 11.7 Å². The number of rotatable bonds is 4. The largest absolute Gasteiger partial charge is 0.416 e. The van der Waals surface area contributed by atoms with Crippen LogP contribution >= 0.6 is 23.2 Å². The van der Waals surface area contributed by atoms with E-state index in [1.54, 1.807) is 33.8 Å². The number of amides is 1. The van der Waals surface area contributed by atoms with Crippen LogP contribution < -0.4 is 0 Å². The molecule has 2 heterocycles. The highest BCUT2D eigenvalue weighted by Gasteiger charge is 2.32. The Hall–Kier alpha value is -3.29. The number of nitrogens with zero attached hydrogens (tertiary/aromatic N) is 3. The van der Waals surface area contributed by atoms with Gasteiger partial charge in [0.05, 0.1) is 22.0 Å². The van der Waals surface area contributed by atoms with E-state index in [1.165, 1.54) is 12.1 Å².